The molecular weight excluding hydrogens is 362 g/mol. The molecule has 0 saturated carbocycles. The predicted octanol–water partition coefficient (Wildman–Crippen LogP) is -4.42. The van der Waals surface area contributed by atoms with Crippen molar-refractivity contribution in [3.05, 3.63) is 0 Å². The van der Waals surface area contributed by atoms with E-state index >= 15 is 0 Å². The zero-order valence-corrected chi connectivity index (χ0v) is 13.5. The zero-order valence-electron chi connectivity index (χ0n) is 12.7. The second-order valence-corrected chi connectivity index (χ2v) is 6.95. The van der Waals surface area contributed by atoms with Gasteiger partial charge in [0, 0.05) is 13.0 Å². The zero-order chi connectivity index (χ0) is 18.6. The van der Waals surface area contributed by atoms with Gasteiger partial charge in [-0.05, 0) is 0 Å². The molecule has 3 atom stereocenters. The lowest BCUT2D eigenvalue weighted by Crippen LogP contribution is -2.76. The number of hydrogen-bond acceptors (Lipinski definition) is 12. The van der Waals surface area contributed by atoms with Gasteiger partial charge in [0.2, 0.25) is 5.79 Å². The molecule has 9 N–H and O–H groups in total. The summed E-state index contributed by atoms with van der Waals surface area (Å²) >= 11 is 0. The van der Waals surface area contributed by atoms with Gasteiger partial charge in [-0.25, -0.2) is 14.8 Å². The number of guanidine groups is 2. The summed E-state index contributed by atoms with van der Waals surface area (Å²) in [6, 6.07) is -1.95. The van der Waals surface area contributed by atoms with Crippen LogP contribution in [0.3, 0.4) is 0 Å². The van der Waals surface area contributed by atoms with Crippen molar-refractivity contribution in [2.75, 3.05) is 13.2 Å². The Labute approximate surface area is 141 Å². The van der Waals surface area contributed by atoms with Crippen LogP contribution in [0.1, 0.15) is 6.42 Å². The Balaban J connectivity index is 1.85. The van der Waals surface area contributed by atoms with E-state index in [2.05, 4.69) is 15.3 Å². The maximum atomic E-state index is 11.4. The van der Waals surface area contributed by atoms with E-state index in [-0.39, 0.29) is 24.9 Å². The topological polar surface area (TPSA) is 225 Å². The Hall–Kier alpha value is -2.36. The first-order valence-corrected chi connectivity index (χ1v) is 8.49. The molecule has 0 radical (unpaired) electrons. The molecule has 25 heavy (non-hydrogen) atoms. The molecule has 0 aromatic carbocycles. The lowest BCUT2D eigenvalue weighted by atomic mass is 9.87. The van der Waals surface area contributed by atoms with E-state index in [0.717, 1.165) is 0 Å². The number of amides is 1. The van der Waals surface area contributed by atoms with Gasteiger partial charge in [-0.1, -0.05) is 0 Å². The summed E-state index contributed by atoms with van der Waals surface area (Å²) in [5, 5.41) is 23.5. The summed E-state index contributed by atoms with van der Waals surface area (Å²) in [6.45, 7) is -0.331. The molecule has 3 aliphatic heterocycles. The minimum absolute atomic E-state index is 0.0533. The molecule has 14 nitrogen and oxygen atoms in total. The molecular formula is C10H17N7O7S. The number of ether oxygens (including phenoxy) is 1. The van der Waals surface area contributed by atoms with Crippen molar-refractivity contribution in [3.63, 3.8) is 0 Å². The van der Waals surface area contributed by atoms with E-state index in [9.17, 15) is 23.4 Å². The highest BCUT2D eigenvalue weighted by atomic mass is 32.2. The third-order valence-corrected chi connectivity index (χ3v) is 4.71. The maximum absolute atomic E-state index is 11.4. The Morgan fingerprint density at radius 1 is 1.44 bits per heavy atom. The van der Waals surface area contributed by atoms with Crippen LogP contribution in [0.25, 0.3) is 0 Å². The van der Waals surface area contributed by atoms with Gasteiger partial charge in [0.25, 0.3) is 0 Å². The molecule has 1 spiro atoms. The van der Waals surface area contributed by atoms with E-state index in [1.165, 1.54) is 9.62 Å². The summed E-state index contributed by atoms with van der Waals surface area (Å²) < 4.78 is 35.6. The van der Waals surface area contributed by atoms with Crippen LogP contribution in [0.2, 0.25) is 0 Å². The largest absolute Gasteiger partial charge is 0.446 e. The van der Waals surface area contributed by atoms with Gasteiger partial charge in [0.15, 0.2) is 17.6 Å². The molecule has 0 bridgehead atoms. The lowest BCUT2D eigenvalue weighted by Gasteiger charge is -2.48. The van der Waals surface area contributed by atoms with Gasteiger partial charge < -0.3 is 36.6 Å². The van der Waals surface area contributed by atoms with Crippen LogP contribution in [0.15, 0.2) is 9.98 Å². The summed E-state index contributed by atoms with van der Waals surface area (Å²) in [7, 11) is -4.78. The van der Waals surface area contributed by atoms with Crippen molar-refractivity contribution in [1.82, 2.24) is 14.9 Å². The summed E-state index contributed by atoms with van der Waals surface area (Å²) in [6.07, 6.45) is -1.51. The first-order valence-electron chi connectivity index (χ1n) is 7.05. The molecule has 3 heterocycles. The number of nitrogens with zero attached hydrogens (tertiary/aromatic N) is 3. The second kappa shape index (κ2) is 5.32. The molecule has 3 rings (SSSR count). The Morgan fingerprint density at radius 3 is 2.76 bits per heavy atom. The fourth-order valence-corrected chi connectivity index (χ4v) is 3.62. The maximum Gasteiger partial charge on any atom is 0.422 e. The average molecular weight is 379 g/mol. The van der Waals surface area contributed by atoms with Gasteiger partial charge in [0.05, 0.1) is 0 Å². The molecule has 3 aliphatic rings. The molecule has 0 aliphatic carbocycles. The summed E-state index contributed by atoms with van der Waals surface area (Å²) in [5.74, 6) is -2.39. The molecule has 2 unspecified atom stereocenters. The minimum Gasteiger partial charge on any atom is -0.446 e. The van der Waals surface area contributed by atoms with Gasteiger partial charge >= 0.3 is 16.4 Å². The van der Waals surface area contributed by atoms with E-state index in [1.54, 1.807) is 0 Å². The average Bonchev–Trinajstić information content (AvgIpc) is 2.93. The smallest absolute Gasteiger partial charge is 0.422 e. The van der Waals surface area contributed by atoms with E-state index < -0.39 is 46.5 Å². The van der Waals surface area contributed by atoms with Crippen molar-refractivity contribution in [2.24, 2.45) is 21.5 Å². The standard InChI is InChI=1S/C10H17N7O7S/c11-6-14-5-4(3-24-8(18)16-25(21,22)23)13-7(12)17-2-1-9(19,20)10(5,17)15-6/h4-5,19-20H,1-3H2,(H2,12,13)(H,16,18)(H3,11,14,15)(H,21,22,23)/t4-,5?,10?/m0/s1. The van der Waals surface area contributed by atoms with E-state index in [4.69, 9.17) is 20.8 Å². The number of aliphatic hydroxyl groups is 2. The highest BCUT2D eigenvalue weighted by molar-refractivity contribution is 7.84. The van der Waals surface area contributed by atoms with Gasteiger partial charge in [0.1, 0.15) is 18.7 Å². The number of aliphatic imine (C=N–C) groups is 2. The highest BCUT2D eigenvalue weighted by Gasteiger charge is 2.69. The van der Waals surface area contributed by atoms with Crippen LogP contribution in [0.4, 0.5) is 4.79 Å². The van der Waals surface area contributed by atoms with Crippen molar-refractivity contribution in [1.29, 1.82) is 0 Å². The first-order chi connectivity index (χ1) is 11.5. The van der Waals surface area contributed by atoms with Crippen LogP contribution < -0.4 is 21.5 Å². The van der Waals surface area contributed by atoms with Crippen molar-refractivity contribution < 1.29 is 32.7 Å². The van der Waals surface area contributed by atoms with Crippen molar-refractivity contribution in [3.8, 4) is 0 Å². The fourth-order valence-electron chi connectivity index (χ4n) is 3.35. The quantitative estimate of drug-likeness (QED) is 0.183. The Bertz CT molecular complexity index is 766. The minimum atomic E-state index is -4.78. The van der Waals surface area contributed by atoms with Gasteiger partial charge in [-0.3, -0.25) is 4.55 Å². The molecule has 0 aromatic rings. The first kappa shape index (κ1) is 17.5. The number of carbonyl (C=O) groups is 1. The van der Waals surface area contributed by atoms with Crippen LogP contribution in [0.5, 0.6) is 0 Å². The molecule has 140 valence electrons. The van der Waals surface area contributed by atoms with Crippen LogP contribution >= 0.6 is 0 Å². The van der Waals surface area contributed by atoms with Gasteiger partial charge in [-0.15, -0.1) is 0 Å². The normalized spacial score (nSPS) is 32.8. The Morgan fingerprint density at radius 2 is 2.12 bits per heavy atom. The predicted molar refractivity (Wildman–Crippen MR) is 81.2 cm³/mol. The number of rotatable bonds is 3. The molecule has 1 amide bonds. The van der Waals surface area contributed by atoms with Crippen LogP contribution in [0, 0.1) is 0 Å². The van der Waals surface area contributed by atoms with Crippen molar-refractivity contribution >= 4 is 28.3 Å². The summed E-state index contributed by atoms with van der Waals surface area (Å²) in [4.78, 5) is 21.0. The lowest BCUT2D eigenvalue weighted by molar-refractivity contribution is -0.221. The number of carbonyl (C=O) groups excluding carboxylic acids is 1. The van der Waals surface area contributed by atoms with Crippen LogP contribution in [-0.4, -0.2) is 82.8 Å². The number of nitrogens with two attached hydrogens (primary N) is 2. The number of nitrogens with one attached hydrogen (secondary N) is 2. The highest BCUT2D eigenvalue weighted by Crippen LogP contribution is 2.44. The SMILES string of the molecule is NC1=NC2[C@H](COC(=O)NS(=O)(=O)O)N=C(N)N3CCC(O)(O)C23N1. The monoisotopic (exact) mass is 379 g/mol. The Kier molecular flexibility index (Phi) is 3.71. The third-order valence-electron chi connectivity index (χ3n) is 4.28. The van der Waals surface area contributed by atoms with E-state index in [1.807, 2.05) is 0 Å². The molecule has 15 heteroatoms. The third kappa shape index (κ3) is 2.70. The second-order valence-electron chi connectivity index (χ2n) is 5.80. The van der Waals surface area contributed by atoms with Gasteiger partial charge in [-0.2, -0.15) is 13.1 Å². The fraction of sp³-hybridized carbons (Fsp3) is 0.700. The summed E-state index contributed by atoms with van der Waals surface area (Å²) in [5.41, 5.74) is 9.96. The van der Waals surface area contributed by atoms with E-state index in [0.29, 0.717) is 0 Å². The molecule has 1 fully saturated rings. The van der Waals surface area contributed by atoms with Crippen molar-refractivity contribution in [2.45, 2.75) is 30.0 Å². The molecule has 1 saturated heterocycles. The van der Waals surface area contributed by atoms with Crippen LogP contribution in [-0.2, 0) is 15.0 Å². The number of hydrogen-bond donors (Lipinski definition) is 7. The molecule has 0 aromatic heterocycles.